The summed E-state index contributed by atoms with van der Waals surface area (Å²) in [5, 5.41) is 0.161. The zero-order chi connectivity index (χ0) is 12.7. The van der Waals surface area contributed by atoms with Gasteiger partial charge in [-0.05, 0) is 49.8 Å². The van der Waals surface area contributed by atoms with Gasteiger partial charge < -0.3 is 4.90 Å². The molecule has 1 aromatic rings. The molecule has 0 saturated heterocycles. The first-order chi connectivity index (χ1) is 8.65. The maximum atomic E-state index is 12.1. The number of hydrogen-bond acceptors (Lipinski definition) is 1. The number of benzene rings is 1. The molecule has 1 aliphatic heterocycles. The number of rotatable bonds is 3. The Kier molecular flexibility index (Phi) is 3.06. The summed E-state index contributed by atoms with van der Waals surface area (Å²) in [6.45, 7) is 2.86. The summed E-state index contributed by atoms with van der Waals surface area (Å²) in [7, 11) is 0. The number of carbonyl (C=O) groups is 1. The first-order valence-electron chi connectivity index (χ1n) is 6.72. The van der Waals surface area contributed by atoms with Crippen molar-refractivity contribution < 1.29 is 4.79 Å². The summed E-state index contributed by atoms with van der Waals surface area (Å²) in [4.78, 5) is 14.1. The van der Waals surface area contributed by atoms with Crippen LogP contribution in [0, 0.1) is 5.92 Å². The third-order valence-corrected chi connectivity index (χ3v) is 3.90. The van der Waals surface area contributed by atoms with Crippen molar-refractivity contribution in [3.63, 3.8) is 0 Å². The Balaban J connectivity index is 1.82. The Morgan fingerprint density at radius 2 is 2.28 bits per heavy atom. The van der Waals surface area contributed by atoms with Gasteiger partial charge in [-0.25, -0.2) is 0 Å². The number of anilines is 1. The number of carbonyl (C=O) groups excluding carboxylic acids is 1. The van der Waals surface area contributed by atoms with Crippen molar-refractivity contribution in [2.24, 2.45) is 5.92 Å². The van der Waals surface area contributed by atoms with Crippen LogP contribution in [-0.2, 0) is 17.6 Å². The molecule has 3 rings (SSSR count). The number of amides is 1. The zero-order valence-corrected chi connectivity index (χ0v) is 11.4. The van der Waals surface area contributed by atoms with E-state index in [4.69, 9.17) is 11.6 Å². The van der Waals surface area contributed by atoms with Crippen molar-refractivity contribution in [2.45, 2.75) is 38.0 Å². The van der Waals surface area contributed by atoms with Crippen molar-refractivity contribution in [2.75, 3.05) is 11.4 Å². The fourth-order valence-electron chi connectivity index (χ4n) is 2.69. The molecule has 0 aromatic heterocycles. The lowest BCUT2D eigenvalue weighted by molar-refractivity contribution is -0.119. The van der Waals surface area contributed by atoms with Crippen molar-refractivity contribution in [1.82, 2.24) is 0 Å². The average molecular weight is 264 g/mol. The standard InChI is InChI=1S/C15H18ClNO/c1-10(16)8-11-2-5-14-13(9-11)6-7-17(14)15(18)12-3-4-12/h2,5,9-10,12H,3-4,6-8H2,1H3. The second-order valence-corrected chi connectivity index (χ2v) is 6.21. The summed E-state index contributed by atoms with van der Waals surface area (Å²) in [5.74, 6) is 0.630. The lowest BCUT2D eigenvalue weighted by atomic mass is 10.0. The predicted octanol–water partition coefficient (Wildman–Crippen LogP) is 3.16. The van der Waals surface area contributed by atoms with Crippen LogP contribution in [-0.4, -0.2) is 17.8 Å². The third kappa shape index (κ3) is 2.26. The summed E-state index contributed by atoms with van der Waals surface area (Å²) in [6, 6.07) is 6.42. The maximum absolute atomic E-state index is 12.1. The van der Waals surface area contributed by atoms with E-state index >= 15 is 0 Å². The van der Waals surface area contributed by atoms with E-state index in [1.807, 2.05) is 11.8 Å². The lowest BCUT2D eigenvalue weighted by Crippen LogP contribution is -2.30. The molecule has 1 aromatic carbocycles. The van der Waals surface area contributed by atoms with Crippen molar-refractivity contribution in [1.29, 1.82) is 0 Å². The van der Waals surface area contributed by atoms with E-state index in [-0.39, 0.29) is 5.38 Å². The predicted molar refractivity (Wildman–Crippen MR) is 74.2 cm³/mol. The highest BCUT2D eigenvalue weighted by molar-refractivity contribution is 6.20. The smallest absolute Gasteiger partial charge is 0.230 e. The summed E-state index contributed by atoms with van der Waals surface area (Å²) >= 11 is 6.03. The van der Waals surface area contributed by atoms with Gasteiger partial charge in [0.25, 0.3) is 0 Å². The van der Waals surface area contributed by atoms with Crippen LogP contribution in [0.15, 0.2) is 18.2 Å². The molecule has 1 heterocycles. The van der Waals surface area contributed by atoms with Gasteiger partial charge in [0.1, 0.15) is 0 Å². The molecule has 0 N–H and O–H groups in total. The van der Waals surface area contributed by atoms with Gasteiger partial charge in [-0.3, -0.25) is 4.79 Å². The number of halogens is 1. The molecular formula is C15H18ClNO. The van der Waals surface area contributed by atoms with Gasteiger partial charge in [-0.15, -0.1) is 11.6 Å². The fourth-order valence-corrected chi connectivity index (χ4v) is 2.86. The highest BCUT2D eigenvalue weighted by atomic mass is 35.5. The van der Waals surface area contributed by atoms with Crippen LogP contribution in [0.5, 0.6) is 0 Å². The number of alkyl halides is 1. The van der Waals surface area contributed by atoms with Crippen molar-refractivity contribution >= 4 is 23.2 Å². The zero-order valence-electron chi connectivity index (χ0n) is 10.7. The molecule has 0 radical (unpaired) electrons. The Hall–Kier alpha value is -1.02. The summed E-state index contributed by atoms with van der Waals surface area (Å²) in [5.41, 5.74) is 3.70. The molecule has 1 aliphatic carbocycles. The van der Waals surface area contributed by atoms with Crippen LogP contribution in [0.2, 0.25) is 0 Å². The van der Waals surface area contributed by atoms with E-state index in [0.29, 0.717) is 11.8 Å². The molecule has 2 aliphatic rings. The van der Waals surface area contributed by atoms with E-state index in [1.165, 1.54) is 11.1 Å². The lowest BCUT2D eigenvalue weighted by Gasteiger charge is -2.17. The van der Waals surface area contributed by atoms with Crippen LogP contribution >= 0.6 is 11.6 Å². The Morgan fingerprint density at radius 3 is 2.94 bits per heavy atom. The Labute approximate surface area is 113 Å². The van der Waals surface area contributed by atoms with Crippen molar-refractivity contribution in [3.05, 3.63) is 29.3 Å². The molecule has 1 amide bonds. The van der Waals surface area contributed by atoms with E-state index in [9.17, 15) is 4.79 Å². The van der Waals surface area contributed by atoms with E-state index in [1.54, 1.807) is 0 Å². The number of hydrogen-bond donors (Lipinski definition) is 0. The molecule has 1 fully saturated rings. The van der Waals surface area contributed by atoms with Gasteiger partial charge in [0.05, 0.1) is 0 Å². The minimum Gasteiger partial charge on any atom is -0.312 e. The molecule has 96 valence electrons. The van der Waals surface area contributed by atoms with Gasteiger partial charge in [0.2, 0.25) is 5.91 Å². The molecule has 18 heavy (non-hydrogen) atoms. The summed E-state index contributed by atoms with van der Waals surface area (Å²) < 4.78 is 0. The number of nitrogens with zero attached hydrogens (tertiary/aromatic N) is 1. The first-order valence-corrected chi connectivity index (χ1v) is 7.16. The van der Waals surface area contributed by atoms with E-state index in [0.717, 1.165) is 37.9 Å². The maximum Gasteiger partial charge on any atom is 0.230 e. The number of fused-ring (bicyclic) bond motifs is 1. The van der Waals surface area contributed by atoms with Gasteiger partial charge in [0.15, 0.2) is 0 Å². The van der Waals surface area contributed by atoms with Crippen LogP contribution in [0.4, 0.5) is 5.69 Å². The van der Waals surface area contributed by atoms with E-state index in [2.05, 4.69) is 18.2 Å². The molecule has 3 heteroatoms. The van der Waals surface area contributed by atoms with Crippen molar-refractivity contribution in [3.8, 4) is 0 Å². The molecule has 1 atom stereocenters. The quantitative estimate of drug-likeness (QED) is 0.767. The van der Waals surface area contributed by atoms with Gasteiger partial charge in [-0.2, -0.15) is 0 Å². The molecular weight excluding hydrogens is 246 g/mol. The second-order valence-electron chi connectivity index (χ2n) is 5.46. The van der Waals surface area contributed by atoms with Crippen LogP contribution in [0.25, 0.3) is 0 Å². The normalized spacial score (nSPS) is 19.8. The molecule has 2 nitrogen and oxygen atoms in total. The highest BCUT2D eigenvalue weighted by Crippen LogP contribution is 2.36. The first kappa shape index (κ1) is 12.0. The monoisotopic (exact) mass is 263 g/mol. The average Bonchev–Trinajstić information content (AvgIpc) is 3.08. The molecule has 0 spiro atoms. The minimum absolute atomic E-state index is 0.161. The Bertz CT molecular complexity index is 479. The summed E-state index contributed by atoms with van der Waals surface area (Å²) in [6.07, 6.45) is 4.03. The highest BCUT2D eigenvalue weighted by Gasteiger charge is 2.36. The fraction of sp³-hybridized carbons (Fsp3) is 0.533. The molecule has 1 unspecified atom stereocenters. The van der Waals surface area contributed by atoms with Gasteiger partial charge >= 0.3 is 0 Å². The minimum atomic E-state index is 0.161. The molecule has 1 saturated carbocycles. The van der Waals surface area contributed by atoms with Crippen LogP contribution in [0.1, 0.15) is 30.9 Å². The molecule has 0 bridgehead atoms. The van der Waals surface area contributed by atoms with Gasteiger partial charge in [0, 0.05) is 23.5 Å². The topological polar surface area (TPSA) is 20.3 Å². The largest absolute Gasteiger partial charge is 0.312 e. The van der Waals surface area contributed by atoms with Gasteiger partial charge in [-0.1, -0.05) is 12.1 Å². The van der Waals surface area contributed by atoms with E-state index < -0.39 is 0 Å². The SMILES string of the molecule is CC(Cl)Cc1ccc2c(c1)CCN2C(=O)C1CC1. The van der Waals surface area contributed by atoms with Crippen LogP contribution in [0.3, 0.4) is 0 Å². The Morgan fingerprint density at radius 1 is 1.50 bits per heavy atom. The van der Waals surface area contributed by atoms with Crippen LogP contribution < -0.4 is 4.90 Å². The third-order valence-electron chi connectivity index (χ3n) is 3.75. The second kappa shape index (κ2) is 4.58.